The molecule has 5 heteroatoms. The van der Waals surface area contributed by atoms with Crippen LogP contribution in [0.3, 0.4) is 0 Å². The minimum absolute atomic E-state index is 0.132. The Morgan fingerprint density at radius 1 is 1.58 bits per heavy atom. The Balaban J connectivity index is 1.76. The van der Waals surface area contributed by atoms with Crippen molar-refractivity contribution in [2.75, 3.05) is 32.9 Å². The molecule has 1 fully saturated rings. The summed E-state index contributed by atoms with van der Waals surface area (Å²) < 4.78 is 13.5. The zero-order valence-electron chi connectivity index (χ0n) is 12.0. The molecule has 0 aromatic carbocycles. The maximum absolute atomic E-state index is 5.77. The summed E-state index contributed by atoms with van der Waals surface area (Å²) in [5, 5.41) is 3.35. The zero-order valence-corrected chi connectivity index (χ0v) is 12.0. The summed E-state index contributed by atoms with van der Waals surface area (Å²) in [6.07, 6.45) is 4.94. The first kappa shape index (κ1) is 14.5. The van der Waals surface area contributed by atoms with Crippen molar-refractivity contribution in [3.05, 3.63) is 18.2 Å². The van der Waals surface area contributed by atoms with E-state index in [0.717, 1.165) is 51.6 Å². The molecule has 2 heterocycles. The Bertz CT molecular complexity index is 359. The molecule has 0 spiro atoms. The molecule has 1 aromatic heterocycles. The molecule has 5 nitrogen and oxygen atoms in total. The Morgan fingerprint density at radius 2 is 2.47 bits per heavy atom. The maximum Gasteiger partial charge on any atom is 0.111 e. The van der Waals surface area contributed by atoms with E-state index < -0.39 is 0 Å². The molecule has 1 saturated heterocycles. The van der Waals surface area contributed by atoms with Gasteiger partial charge in [-0.2, -0.15) is 0 Å². The van der Waals surface area contributed by atoms with Crippen LogP contribution < -0.4 is 5.32 Å². The van der Waals surface area contributed by atoms with E-state index in [1.165, 1.54) is 0 Å². The van der Waals surface area contributed by atoms with Crippen LogP contribution in [0, 0.1) is 5.92 Å². The van der Waals surface area contributed by atoms with Crippen LogP contribution in [0.15, 0.2) is 12.5 Å². The fraction of sp³-hybridized carbons (Fsp3) is 0.786. The van der Waals surface area contributed by atoms with Crippen molar-refractivity contribution in [3.63, 3.8) is 0 Å². The SMILES string of the molecule is CC(C)COCCCn1cncc1C1CNCCO1. The van der Waals surface area contributed by atoms with Gasteiger partial charge in [0.15, 0.2) is 0 Å². The first-order chi connectivity index (χ1) is 9.27. The van der Waals surface area contributed by atoms with Gasteiger partial charge in [-0.1, -0.05) is 13.8 Å². The average molecular weight is 267 g/mol. The smallest absolute Gasteiger partial charge is 0.111 e. The predicted octanol–water partition coefficient (Wildman–Crippen LogP) is 1.61. The molecule has 19 heavy (non-hydrogen) atoms. The van der Waals surface area contributed by atoms with Crippen LogP contribution in [-0.4, -0.2) is 42.5 Å². The topological polar surface area (TPSA) is 48.3 Å². The number of aryl methyl sites for hydroxylation is 1. The third kappa shape index (κ3) is 4.60. The van der Waals surface area contributed by atoms with Gasteiger partial charge in [-0.15, -0.1) is 0 Å². The van der Waals surface area contributed by atoms with E-state index in [0.29, 0.717) is 5.92 Å². The van der Waals surface area contributed by atoms with Crippen molar-refractivity contribution in [2.24, 2.45) is 5.92 Å². The lowest BCUT2D eigenvalue weighted by Gasteiger charge is -2.24. The summed E-state index contributed by atoms with van der Waals surface area (Å²) in [6.45, 7) is 9.50. The summed E-state index contributed by atoms with van der Waals surface area (Å²) in [7, 11) is 0. The van der Waals surface area contributed by atoms with E-state index in [4.69, 9.17) is 9.47 Å². The van der Waals surface area contributed by atoms with Gasteiger partial charge >= 0.3 is 0 Å². The van der Waals surface area contributed by atoms with Gasteiger partial charge in [0.2, 0.25) is 0 Å². The third-order valence-electron chi connectivity index (χ3n) is 3.14. The highest BCUT2D eigenvalue weighted by molar-refractivity contribution is 5.04. The molecule has 1 aromatic rings. The molecule has 1 N–H and O–H groups in total. The van der Waals surface area contributed by atoms with Crippen LogP contribution in [0.1, 0.15) is 32.1 Å². The Morgan fingerprint density at radius 3 is 3.21 bits per heavy atom. The molecule has 0 aliphatic carbocycles. The van der Waals surface area contributed by atoms with Gasteiger partial charge in [0.05, 0.1) is 24.8 Å². The minimum Gasteiger partial charge on any atom is -0.381 e. The van der Waals surface area contributed by atoms with Crippen molar-refractivity contribution >= 4 is 0 Å². The average Bonchev–Trinajstić information content (AvgIpc) is 2.87. The fourth-order valence-electron chi connectivity index (χ4n) is 2.20. The fourth-order valence-corrected chi connectivity index (χ4v) is 2.20. The second-order valence-electron chi connectivity index (χ2n) is 5.40. The highest BCUT2D eigenvalue weighted by Gasteiger charge is 2.19. The number of imidazole rings is 1. The minimum atomic E-state index is 0.132. The molecule has 0 amide bonds. The molecule has 1 aliphatic rings. The maximum atomic E-state index is 5.77. The lowest BCUT2D eigenvalue weighted by Crippen LogP contribution is -2.34. The number of nitrogens with zero attached hydrogens (tertiary/aromatic N) is 2. The number of nitrogens with one attached hydrogen (secondary N) is 1. The van der Waals surface area contributed by atoms with Gasteiger partial charge in [0, 0.05) is 32.8 Å². The van der Waals surface area contributed by atoms with Crippen LogP contribution >= 0.6 is 0 Å². The Hall–Kier alpha value is -0.910. The molecule has 1 aliphatic heterocycles. The highest BCUT2D eigenvalue weighted by atomic mass is 16.5. The normalized spacial score (nSPS) is 20.1. The van der Waals surface area contributed by atoms with Crippen LogP contribution in [-0.2, 0) is 16.0 Å². The highest BCUT2D eigenvalue weighted by Crippen LogP contribution is 2.18. The summed E-state index contributed by atoms with van der Waals surface area (Å²) >= 11 is 0. The van der Waals surface area contributed by atoms with Crippen LogP contribution in [0.2, 0.25) is 0 Å². The lowest BCUT2D eigenvalue weighted by atomic mass is 10.2. The van der Waals surface area contributed by atoms with Crippen LogP contribution in [0.5, 0.6) is 0 Å². The second-order valence-corrected chi connectivity index (χ2v) is 5.40. The van der Waals surface area contributed by atoms with Crippen molar-refractivity contribution < 1.29 is 9.47 Å². The van der Waals surface area contributed by atoms with E-state index in [1.807, 2.05) is 12.5 Å². The van der Waals surface area contributed by atoms with E-state index in [2.05, 4.69) is 28.7 Å². The van der Waals surface area contributed by atoms with Crippen molar-refractivity contribution in [3.8, 4) is 0 Å². The number of ether oxygens (including phenoxy) is 2. The molecule has 1 atom stereocenters. The molecule has 1 unspecified atom stereocenters. The van der Waals surface area contributed by atoms with E-state index >= 15 is 0 Å². The van der Waals surface area contributed by atoms with Gasteiger partial charge in [-0.05, 0) is 12.3 Å². The number of morpholine rings is 1. The molecule has 0 saturated carbocycles. The number of hydrogen-bond donors (Lipinski definition) is 1. The van der Waals surface area contributed by atoms with E-state index in [-0.39, 0.29) is 6.10 Å². The van der Waals surface area contributed by atoms with Crippen molar-refractivity contribution in [1.82, 2.24) is 14.9 Å². The summed E-state index contributed by atoms with van der Waals surface area (Å²) in [6, 6.07) is 0. The molecular formula is C14H25N3O2. The second kappa shape index (κ2) is 7.62. The van der Waals surface area contributed by atoms with Crippen molar-refractivity contribution in [1.29, 1.82) is 0 Å². The monoisotopic (exact) mass is 267 g/mol. The quantitative estimate of drug-likeness (QED) is 0.762. The predicted molar refractivity (Wildman–Crippen MR) is 74.1 cm³/mol. The first-order valence-electron chi connectivity index (χ1n) is 7.17. The largest absolute Gasteiger partial charge is 0.381 e. The summed E-state index contributed by atoms with van der Waals surface area (Å²) in [4.78, 5) is 4.24. The standard InChI is InChI=1S/C14H25N3O2/c1-12(2)10-18-6-3-5-17-11-16-8-13(17)14-9-15-4-7-19-14/h8,11-12,14-15H,3-7,9-10H2,1-2H3. The summed E-state index contributed by atoms with van der Waals surface area (Å²) in [5.74, 6) is 0.602. The van der Waals surface area contributed by atoms with Crippen LogP contribution in [0.4, 0.5) is 0 Å². The van der Waals surface area contributed by atoms with Gasteiger partial charge < -0.3 is 19.4 Å². The van der Waals surface area contributed by atoms with Gasteiger partial charge in [-0.25, -0.2) is 4.98 Å². The zero-order chi connectivity index (χ0) is 13.5. The van der Waals surface area contributed by atoms with Crippen molar-refractivity contribution in [2.45, 2.75) is 32.9 Å². The number of rotatable bonds is 7. The third-order valence-corrected chi connectivity index (χ3v) is 3.14. The number of aromatic nitrogens is 2. The number of hydrogen-bond acceptors (Lipinski definition) is 4. The Kier molecular flexibility index (Phi) is 5.82. The Labute approximate surface area is 115 Å². The molecule has 108 valence electrons. The summed E-state index contributed by atoms with van der Waals surface area (Å²) in [5.41, 5.74) is 1.16. The lowest BCUT2D eigenvalue weighted by molar-refractivity contribution is 0.0224. The van der Waals surface area contributed by atoms with E-state index in [1.54, 1.807) is 0 Å². The molecular weight excluding hydrogens is 242 g/mol. The molecule has 0 bridgehead atoms. The van der Waals surface area contributed by atoms with Gasteiger partial charge in [-0.3, -0.25) is 0 Å². The molecule has 0 radical (unpaired) electrons. The molecule has 2 rings (SSSR count). The van der Waals surface area contributed by atoms with Gasteiger partial charge in [0.25, 0.3) is 0 Å². The first-order valence-corrected chi connectivity index (χ1v) is 7.17. The van der Waals surface area contributed by atoms with Gasteiger partial charge in [0.1, 0.15) is 6.10 Å². The van der Waals surface area contributed by atoms with E-state index in [9.17, 15) is 0 Å². The van der Waals surface area contributed by atoms with Crippen LogP contribution in [0.25, 0.3) is 0 Å².